The molecule has 106 valence electrons. The summed E-state index contributed by atoms with van der Waals surface area (Å²) < 4.78 is 0. The number of aryl methyl sites for hydroxylation is 2. The maximum absolute atomic E-state index is 3.75. The van der Waals surface area contributed by atoms with E-state index in [0.717, 1.165) is 5.92 Å². The summed E-state index contributed by atoms with van der Waals surface area (Å²) in [7, 11) is 2.23. The molecule has 2 nitrogen and oxygen atoms in total. The van der Waals surface area contributed by atoms with E-state index < -0.39 is 0 Å². The van der Waals surface area contributed by atoms with Gasteiger partial charge in [0.15, 0.2) is 0 Å². The van der Waals surface area contributed by atoms with Crippen molar-refractivity contribution in [1.82, 2.24) is 10.2 Å². The van der Waals surface area contributed by atoms with Gasteiger partial charge in [0.1, 0.15) is 0 Å². The van der Waals surface area contributed by atoms with Gasteiger partial charge in [0.05, 0.1) is 0 Å². The largest absolute Gasteiger partial charge is 0.309 e. The quantitative estimate of drug-likeness (QED) is 0.909. The lowest BCUT2D eigenvalue weighted by atomic mass is 9.99. The molecule has 0 aromatic carbocycles. The van der Waals surface area contributed by atoms with Crippen LogP contribution in [0.4, 0.5) is 0 Å². The minimum atomic E-state index is 0.529. The van der Waals surface area contributed by atoms with Crippen molar-refractivity contribution in [1.29, 1.82) is 0 Å². The van der Waals surface area contributed by atoms with E-state index in [1.54, 1.807) is 15.3 Å². The molecule has 0 bridgehead atoms. The fourth-order valence-corrected chi connectivity index (χ4v) is 4.65. The van der Waals surface area contributed by atoms with Crippen molar-refractivity contribution in [2.45, 2.75) is 45.1 Å². The van der Waals surface area contributed by atoms with Crippen molar-refractivity contribution in [3.05, 3.63) is 21.4 Å². The van der Waals surface area contributed by atoms with Crippen molar-refractivity contribution in [2.75, 3.05) is 26.7 Å². The molecule has 3 heteroatoms. The highest BCUT2D eigenvalue weighted by atomic mass is 32.1. The number of likely N-dealkylation sites (tertiary alicyclic amines) is 1. The van der Waals surface area contributed by atoms with Crippen LogP contribution in [0.2, 0.25) is 0 Å². The van der Waals surface area contributed by atoms with Gasteiger partial charge in [-0.2, -0.15) is 0 Å². The normalized spacial score (nSPS) is 25.5. The van der Waals surface area contributed by atoms with Gasteiger partial charge in [-0.1, -0.05) is 0 Å². The first-order valence-corrected chi connectivity index (χ1v) is 8.57. The van der Waals surface area contributed by atoms with Gasteiger partial charge in [0.2, 0.25) is 0 Å². The standard InChI is InChI=1S/C16H26N2S/c1-12(17-10-13-7-8-18(2)11-13)16-9-14-5-3-4-6-15(14)19-16/h9,12-13,17H,3-8,10-11H2,1-2H3. The highest BCUT2D eigenvalue weighted by molar-refractivity contribution is 7.12. The predicted octanol–water partition coefficient (Wildman–Crippen LogP) is 3.23. The van der Waals surface area contributed by atoms with Gasteiger partial charge < -0.3 is 10.2 Å². The Morgan fingerprint density at radius 3 is 3.00 bits per heavy atom. The van der Waals surface area contributed by atoms with E-state index in [4.69, 9.17) is 0 Å². The van der Waals surface area contributed by atoms with Crippen molar-refractivity contribution in [3.63, 3.8) is 0 Å². The summed E-state index contributed by atoms with van der Waals surface area (Å²) in [6.45, 7) is 6.04. The second-order valence-electron chi connectivity index (χ2n) is 6.35. The number of fused-ring (bicyclic) bond motifs is 1. The lowest BCUT2D eigenvalue weighted by Crippen LogP contribution is -2.27. The van der Waals surface area contributed by atoms with Gasteiger partial charge >= 0.3 is 0 Å². The van der Waals surface area contributed by atoms with Crippen LogP contribution in [0.3, 0.4) is 0 Å². The van der Waals surface area contributed by atoms with E-state index in [1.807, 2.05) is 0 Å². The molecule has 1 aromatic heterocycles. The van der Waals surface area contributed by atoms with Crippen LogP contribution in [0, 0.1) is 5.92 Å². The van der Waals surface area contributed by atoms with Crippen LogP contribution < -0.4 is 5.32 Å². The third-order valence-electron chi connectivity index (χ3n) is 4.64. The molecule has 1 aromatic rings. The second-order valence-corrected chi connectivity index (χ2v) is 7.52. The Morgan fingerprint density at radius 2 is 2.26 bits per heavy atom. The minimum Gasteiger partial charge on any atom is -0.309 e. The van der Waals surface area contributed by atoms with Crippen LogP contribution in [0.1, 0.15) is 47.5 Å². The Balaban J connectivity index is 1.55. The molecule has 0 spiro atoms. The molecule has 1 saturated heterocycles. The smallest absolute Gasteiger partial charge is 0.0386 e. The first kappa shape index (κ1) is 13.6. The van der Waals surface area contributed by atoms with Crippen molar-refractivity contribution >= 4 is 11.3 Å². The molecule has 2 heterocycles. The number of thiophene rings is 1. The zero-order valence-corrected chi connectivity index (χ0v) is 13.1. The van der Waals surface area contributed by atoms with Gasteiger partial charge in [-0.25, -0.2) is 0 Å². The molecule has 3 rings (SSSR count). The maximum atomic E-state index is 3.75. The molecule has 1 fully saturated rings. The van der Waals surface area contributed by atoms with E-state index in [0.29, 0.717) is 6.04 Å². The van der Waals surface area contributed by atoms with Gasteiger partial charge in [-0.15, -0.1) is 11.3 Å². The molecular weight excluding hydrogens is 252 g/mol. The van der Waals surface area contributed by atoms with E-state index in [9.17, 15) is 0 Å². The first-order chi connectivity index (χ1) is 9.22. The SMILES string of the molecule is CC(NCC1CCN(C)C1)c1cc2c(s1)CCCC2. The summed E-state index contributed by atoms with van der Waals surface area (Å²) in [6, 6.07) is 3.00. The predicted molar refractivity (Wildman–Crippen MR) is 83.0 cm³/mol. The van der Waals surface area contributed by atoms with Crippen LogP contribution in [0.5, 0.6) is 0 Å². The third-order valence-corrected chi connectivity index (χ3v) is 6.06. The summed E-state index contributed by atoms with van der Waals surface area (Å²) in [5, 5.41) is 3.75. The summed E-state index contributed by atoms with van der Waals surface area (Å²) in [4.78, 5) is 5.66. The molecule has 2 aliphatic rings. The van der Waals surface area contributed by atoms with Crippen molar-refractivity contribution in [3.8, 4) is 0 Å². The Kier molecular flexibility index (Phi) is 4.25. The first-order valence-electron chi connectivity index (χ1n) is 7.76. The zero-order chi connectivity index (χ0) is 13.2. The van der Waals surface area contributed by atoms with Crippen molar-refractivity contribution in [2.24, 2.45) is 5.92 Å². The Hall–Kier alpha value is -0.380. The van der Waals surface area contributed by atoms with E-state index in [-0.39, 0.29) is 0 Å². The zero-order valence-electron chi connectivity index (χ0n) is 12.2. The highest BCUT2D eigenvalue weighted by Crippen LogP contribution is 2.32. The molecule has 1 aliphatic carbocycles. The van der Waals surface area contributed by atoms with Crippen LogP contribution in [0.15, 0.2) is 6.07 Å². The number of hydrogen-bond donors (Lipinski definition) is 1. The van der Waals surface area contributed by atoms with Gasteiger partial charge in [-0.05, 0) is 76.7 Å². The van der Waals surface area contributed by atoms with E-state index >= 15 is 0 Å². The molecule has 1 aliphatic heterocycles. The van der Waals surface area contributed by atoms with Crippen LogP contribution in [-0.4, -0.2) is 31.6 Å². The van der Waals surface area contributed by atoms with Gasteiger partial charge in [0, 0.05) is 22.3 Å². The molecule has 19 heavy (non-hydrogen) atoms. The molecule has 2 atom stereocenters. The molecule has 1 N–H and O–H groups in total. The monoisotopic (exact) mass is 278 g/mol. The number of nitrogens with zero attached hydrogens (tertiary/aromatic N) is 1. The highest BCUT2D eigenvalue weighted by Gasteiger charge is 2.21. The van der Waals surface area contributed by atoms with Gasteiger partial charge in [-0.3, -0.25) is 0 Å². The minimum absolute atomic E-state index is 0.529. The number of nitrogens with one attached hydrogen (secondary N) is 1. The fraction of sp³-hybridized carbons (Fsp3) is 0.750. The maximum Gasteiger partial charge on any atom is 0.0386 e. The Morgan fingerprint density at radius 1 is 1.42 bits per heavy atom. The molecule has 0 amide bonds. The lowest BCUT2D eigenvalue weighted by Gasteiger charge is -2.16. The Bertz CT molecular complexity index is 403. The summed E-state index contributed by atoms with van der Waals surface area (Å²) in [5.74, 6) is 0.849. The fourth-order valence-electron chi connectivity index (χ4n) is 3.36. The van der Waals surface area contributed by atoms with E-state index in [1.165, 1.54) is 51.7 Å². The summed E-state index contributed by atoms with van der Waals surface area (Å²) >= 11 is 2.05. The lowest BCUT2D eigenvalue weighted by molar-refractivity contribution is 0.382. The molecule has 0 saturated carbocycles. The summed E-state index contributed by atoms with van der Waals surface area (Å²) in [5.41, 5.74) is 1.64. The third kappa shape index (κ3) is 3.21. The molecule has 2 unspecified atom stereocenters. The second kappa shape index (κ2) is 5.94. The number of hydrogen-bond acceptors (Lipinski definition) is 3. The van der Waals surface area contributed by atoms with Gasteiger partial charge in [0.25, 0.3) is 0 Å². The molecule has 0 radical (unpaired) electrons. The van der Waals surface area contributed by atoms with Crippen LogP contribution in [-0.2, 0) is 12.8 Å². The topological polar surface area (TPSA) is 15.3 Å². The molecular formula is C16H26N2S. The van der Waals surface area contributed by atoms with Crippen LogP contribution in [0.25, 0.3) is 0 Å². The average Bonchev–Trinajstić information content (AvgIpc) is 3.01. The summed E-state index contributed by atoms with van der Waals surface area (Å²) in [6.07, 6.45) is 6.77. The average molecular weight is 278 g/mol. The number of rotatable bonds is 4. The van der Waals surface area contributed by atoms with E-state index in [2.05, 4.69) is 41.6 Å². The Labute approximate surface area is 121 Å². The van der Waals surface area contributed by atoms with Crippen LogP contribution >= 0.6 is 11.3 Å². The van der Waals surface area contributed by atoms with Crippen molar-refractivity contribution < 1.29 is 0 Å².